The van der Waals surface area contributed by atoms with E-state index in [0.29, 0.717) is 33.2 Å². The molecule has 8 nitrogen and oxygen atoms in total. The Labute approximate surface area is 199 Å². The highest BCUT2D eigenvalue weighted by Crippen LogP contribution is 2.33. The largest absolute Gasteiger partial charge is 0.423 e. The van der Waals surface area contributed by atoms with Crippen LogP contribution in [0.3, 0.4) is 0 Å². The average molecular weight is 479 g/mol. The van der Waals surface area contributed by atoms with Crippen molar-refractivity contribution in [3.8, 4) is 0 Å². The predicted molar refractivity (Wildman–Crippen MR) is 133 cm³/mol. The summed E-state index contributed by atoms with van der Waals surface area (Å²) in [6.07, 6.45) is 3.12. The van der Waals surface area contributed by atoms with E-state index >= 15 is 0 Å². The lowest BCUT2D eigenvalue weighted by molar-refractivity contribution is 0.539. The van der Waals surface area contributed by atoms with Gasteiger partial charge in [-0.3, -0.25) is 13.9 Å². The van der Waals surface area contributed by atoms with Gasteiger partial charge in [-0.05, 0) is 48.1 Å². The first kappa shape index (κ1) is 22.6. The molecule has 4 aromatic rings. The minimum atomic E-state index is -0.437. The number of hydrogen-bond acceptors (Lipinski definition) is 7. The maximum absolute atomic E-state index is 13.1. The topological polar surface area (TPSA) is 100.0 Å². The fourth-order valence-corrected chi connectivity index (χ4v) is 5.43. The minimum absolute atomic E-state index is 0.302. The Balaban J connectivity index is 1.68. The van der Waals surface area contributed by atoms with Gasteiger partial charge >= 0.3 is 11.3 Å². The number of thioether (sulfide) groups is 1. The first-order valence-electron chi connectivity index (χ1n) is 11.2. The second-order valence-electron chi connectivity index (χ2n) is 9.86. The van der Waals surface area contributed by atoms with E-state index in [4.69, 9.17) is 9.40 Å². The van der Waals surface area contributed by atoms with E-state index < -0.39 is 16.9 Å². The number of hydrogen-bond donors (Lipinski definition) is 0. The van der Waals surface area contributed by atoms with Gasteiger partial charge in [-0.25, -0.2) is 19.6 Å². The average Bonchev–Trinajstić information content (AvgIpc) is 3.24. The zero-order valence-corrected chi connectivity index (χ0v) is 20.7. The summed E-state index contributed by atoms with van der Waals surface area (Å²) >= 11 is 1.37. The molecule has 1 aliphatic carbocycles. The SMILES string of the molecule is Cn1c(=O)c2c(SCc3cc(=O)oc4cc5c(cc34)CCC5)nc(C(C)(C)C)nc2n(C)c1=O. The summed E-state index contributed by atoms with van der Waals surface area (Å²) in [6, 6.07) is 5.62. The lowest BCUT2D eigenvalue weighted by atomic mass is 9.96. The Bertz CT molecular complexity index is 1660. The molecule has 0 spiro atoms. The molecule has 1 aromatic carbocycles. The van der Waals surface area contributed by atoms with Crippen molar-refractivity contribution in [2.24, 2.45) is 14.1 Å². The lowest BCUT2D eigenvalue weighted by Gasteiger charge is -2.19. The molecule has 1 aliphatic rings. The van der Waals surface area contributed by atoms with E-state index in [1.165, 1.54) is 40.6 Å². The minimum Gasteiger partial charge on any atom is -0.423 e. The number of fused-ring (bicyclic) bond motifs is 3. The summed E-state index contributed by atoms with van der Waals surface area (Å²) in [7, 11) is 3.06. The molecule has 0 N–H and O–H groups in total. The van der Waals surface area contributed by atoms with Crippen LogP contribution < -0.4 is 16.9 Å². The van der Waals surface area contributed by atoms with Crippen molar-refractivity contribution < 1.29 is 4.42 Å². The van der Waals surface area contributed by atoms with Gasteiger partial charge in [0, 0.05) is 36.7 Å². The van der Waals surface area contributed by atoms with E-state index in [1.54, 1.807) is 7.05 Å². The third-order valence-electron chi connectivity index (χ3n) is 6.34. The van der Waals surface area contributed by atoms with Crippen LogP contribution in [0.25, 0.3) is 22.0 Å². The van der Waals surface area contributed by atoms with E-state index in [0.717, 1.165) is 34.8 Å². The molecule has 0 atom stereocenters. The normalized spacial score (nSPS) is 13.7. The van der Waals surface area contributed by atoms with Gasteiger partial charge in [0.25, 0.3) is 5.56 Å². The van der Waals surface area contributed by atoms with E-state index in [-0.39, 0.29) is 5.41 Å². The fraction of sp³-hybridized carbons (Fsp3) is 0.400. The third kappa shape index (κ3) is 3.68. The second-order valence-corrected chi connectivity index (χ2v) is 10.8. The quantitative estimate of drug-likeness (QED) is 0.253. The zero-order chi connectivity index (χ0) is 24.4. The molecule has 0 fully saturated rings. The summed E-state index contributed by atoms with van der Waals surface area (Å²) in [6.45, 7) is 5.95. The molecule has 3 aromatic heterocycles. The number of aromatic nitrogens is 4. The molecule has 0 saturated carbocycles. The summed E-state index contributed by atoms with van der Waals surface area (Å²) in [4.78, 5) is 47.3. The standard InChI is InChI=1S/C25H26N4O4S/c1-25(2,3)23-26-20-19(22(31)29(5)24(32)28(20)4)21(27-23)34-12-15-11-18(30)33-17-10-14-8-6-7-13(14)9-16(15)17/h9-11H,6-8,12H2,1-5H3. The number of rotatable bonds is 3. The van der Waals surface area contributed by atoms with Crippen molar-refractivity contribution in [2.75, 3.05) is 0 Å². The number of nitrogens with zero attached hydrogens (tertiary/aromatic N) is 4. The van der Waals surface area contributed by atoms with Crippen LogP contribution in [0.4, 0.5) is 0 Å². The van der Waals surface area contributed by atoms with Crippen molar-refractivity contribution in [2.45, 2.75) is 56.2 Å². The molecule has 3 heterocycles. The van der Waals surface area contributed by atoms with Crippen LogP contribution >= 0.6 is 11.8 Å². The highest BCUT2D eigenvalue weighted by molar-refractivity contribution is 7.98. The maximum atomic E-state index is 13.1. The Kier molecular flexibility index (Phi) is 5.27. The molecule has 9 heteroatoms. The van der Waals surface area contributed by atoms with Crippen LogP contribution in [0, 0.1) is 0 Å². The number of aryl methyl sites for hydroxylation is 3. The highest BCUT2D eigenvalue weighted by Gasteiger charge is 2.24. The Hall–Kier alpha value is -3.20. The van der Waals surface area contributed by atoms with Crippen LogP contribution in [-0.4, -0.2) is 19.1 Å². The molecular weight excluding hydrogens is 452 g/mol. The Morgan fingerprint density at radius 2 is 1.71 bits per heavy atom. The van der Waals surface area contributed by atoms with Crippen LogP contribution in [0.2, 0.25) is 0 Å². The van der Waals surface area contributed by atoms with Crippen LogP contribution in [-0.2, 0) is 38.1 Å². The highest BCUT2D eigenvalue weighted by atomic mass is 32.2. The monoisotopic (exact) mass is 478 g/mol. The Morgan fingerprint density at radius 1 is 1.00 bits per heavy atom. The van der Waals surface area contributed by atoms with E-state index in [1.807, 2.05) is 26.8 Å². The molecule has 0 radical (unpaired) electrons. The van der Waals surface area contributed by atoms with Crippen molar-refractivity contribution in [1.82, 2.24) is 19.1 Å². The smallest absolute Gasteiger partial charge is 0.336 e. The summed E-state index contributed by atoms with van der Waals surface area (Å²) in [5.41, 5.74) is 2.60. The fourth-order valence-electron chi connectivity index (χ4n) is 4.43. The van der Waals surface area contributed by atoms with Crippen molar-refractivity contribution in [3.05, 3.63) is 72.0 Å². The first-order valence-corrected chi connectivity index (χ1v) is 12.2. The molecule has 0 amide bonds. The molecule has 0 aliphatic heterocycles. The lowest BCUT2D eigenvalue weighted by Crippen LogP contribution is -2.38. The van der Waals surface area contributed by atoms with Gasteiger partial charge in [0.2, 0.25) is 0 Å². The van der Waals surface area contributed by atoms with Crippen LogP contribution in [0.5, 0.6) is 0 Å². The number of benzene rings is 1. The van der Waals surface area contributed by atoms with Gasteiger partial charge in [-0.1, -0.05) is 20.8 Å². The molecule has 5 rings (SSSR count). The van der Waals surface area contributed by atoms with Gasteiger partial charge in [0.1, 0.15) is 21.8 Å². The summed E-state index contributed by atoms with van der Waals surface area (Å²) in [5.74, 6) is 0.962. The predicted octanol–water partition coefficient (Wildman–Crippen LogP) is 3.21. The van der Waals surface area contributed by atoms with Gasteiger partial charge in [0.15, 0.2) is 5.65 Å². The molecule has 0 unspecified atom stereocenters. The summed E-state index contributed by atoms with van der Waals surface area (Å²) in [5, 5.41) is 1.70. The molecule has 0 bridgehead atoms. The maximum Gasteiger partial charge on any atom is 0.336 e. The first-order chi connectivity index (χ1) is 16.0. The third-order valence-corrected chi connectivity index (χ3v) is 7.37. The van der Waals surface area contributed by atoms with Gasteiger partial charge < -0.3 is 4.42 Å². The second kappa shape index (κ2) is 7.94. The van der Waals surface area contributed by atoms with Crippen LogP contribution in [0.15, 0.2) is 42.0 Å². The van der Waals surface area contributed by atoms with Crippen molar-refractivity contribution >= 4 is 33.8 Å². The zero-order valence-electron chi connectivity index (χ0n) is 19.9. The molecule has 176 valence electrons. The molecule has 0 saturated heterocycles. The van der Waals surface area contributed by atoms with E-state index in [9.17, 15) is 14.4 Å². The molecular formula is C25H26N4O4S. The molecule has 34 heavy (non-hydrogen) atoms. The summed E-state index contributed by atoms with van der Waals surface area (Å²) < 4.78 is 7.95. The van der Waals surface area contributed by atoms with Gasteiger partial charge in [-0.15, -0.1) is 11.8 Å². The van der Waals surface area contributed by atoms with E-state index in [2.05, 4.69) is 11.1 Å². The van der Waals surface area contributed by atoms with Gasteiger partial charge in [0.05, 0.1) is 0 Å². The van der Waals surface area contributed by atoms with Crippen LogP contribution in [0.1, 0.15) is 49.7 Å². The van der Waals surface area contributed by atoms with Crippen molar-refractivity contribution in [3.63, 3.8) is 0 Å². The van der Waals surface area contributed by atoms with Gasteiger partial charge in [-0.2, -0.15) is 0 Å². The Morgan fingerprint density at radius 3 is 2.41 bits per heavy atom. The van der Waals surface area contributed by atoms with Crippen molar-refractivity contribution in [1.29, 1.82) is 0 Å².